The Morgan fingerprint density at radius 3 is 2.50 bits per heavy atom. The molecule has 1 amide bonds. The summed E-state index contributed by atoms with van der Waals surface area (Å²) in [6.07, 6.45) is 0.828. The second-order valence-electron chi connectivity index (χ2n) is 5.53. The van der Waals surface area contributed by atoms with E-state index in [2.05, 4.69) is 20.9 Å². The Bertz CT molecular complexity index is 606. The molecular formula is C18H29Cl2IN4O3. The van der Waals surface area contributed by atoms with Crippen molar-refractivity contribution in [3.8, 4) is 0 Å². The predicted octanol–water partition coefficient (Wildman–Crippen LogP) is 2.95. The van der Waals surface area contributed by atoms with E-state index >= 15 is 0 Å². The van der Waals surface area contributed by atoms with Crippen molar-refractivity contribution in [2.24, 2.45) is 4.99 Å². The molecule has 0 unspecified atom stereocenters. The number of aliphatic imine (C=N–C) groups is 1. The second kappa shape index (κ2) is 17.1. The maximum atomic E-state index is 12.1. The standard InChI is InChI=1S/C18H28Cl2N4O3.HI/c1-3-21-18(23-7-4-10-27-12-11-26-2)24-9-8-22-17(25)14-5-6-15(19)16(20)13-14;/h5-6,13H,3-4,7-12H2,1-2H3,(H,22,25)(H2,21,23,24);1H. The van der Waals surface area contributed by atoms with Gasteiger partial charge in [0, 0.05) is 45.5 Å². The molecule has 10 heteroatoms. The fraction of sp³-hybridized carbons (Fsp3) is 0.556. The number of halogens is 3. The van der Waals surface area contributed by atoms with Gasteiger partial charge in [-0.1, -0.05) is 23.2 Å². The molecule has 1 aromatic carbocycles. The zero-order chi connectivity index (χ0) is 19.9. The van der Waals surface area contributed by atoms with Gasteiger partial charge in [-0.2, -0.15) is 0 Å². The summed E-state index contributed by atoms with van der Waals surface area (Å²) < 4.78 is 10.3. The van der Waals surface area contributed by atoms with Gasteiger partial charge in [0.25, 0.3) is 5.91 Å². The van der Waals surface area contributed by atoms with Gasteiger partial charge in [-0.25, -0.2) is 0 Å². The fourth-order valence-corrected chi connectivity index (χ4v) is 2.34. The number of methoxy groups -OCH3 is 1. The quantitative estimate of drug-likeness (QED) is 0.162. The maximum Gasteiger partial charge on any atom is 0.251 e. The Balaban J connectivity index is 0.00000729. The smallest absolute Gasteiger partial charge is 0.251 e. The van der Waals surface area contributed by atoms with Crippen molar-refractivity contribution >= 4 is 59.0 Å². The third kappa shape index (κ3) is 11.9. The summed E-state index contributed by atoms with van der Waals surface area (Å²) in [6.45, 7) is 6.23. The zero-order valence-corrected chi connectivity index (χ0v) is 20.1. The largest absolute Gasteiger partial charge is 0.382 e. The van der Waals surface area contributed by atoms with Crippen LogP contribution in [0.3, 0.4) is 0 Å². The number of carbonyl (C=O) groups excluding carboxylic acids is 1. The number of nitrogens with zero attached hydrogens (tertiary/aromatic N) is 1. The highest BCUT2D eigenvalue weighted by Crippen LogP contribution is 2.22. The predicted molar refractivity (Wildman–Crippen MR) is 126 cm³/mol. The number of carbonyl (C=O) groups is 1. The van der Waals surface area contributed by atoms with Crippen LogP contribution in [-0.4, -0.2) is 65.0 Å². The van der Waals surface area contributed by atoms with E-state index in [1.807, 2.05) is 6.92 Å². The molecule has 0 radical (unpaired) electrons. The number of guanidine groups is 1. The van der Waals surface area contributed by atoms with Crippen LogP contribution >= 0.6 is 47.2 Å². The number of hydrogen-bond acceptors (Lipinski definition) is 4. The lowest BCUT2D eigenvalue weighted by atomic mass is 10.2. The first-order chi connectivity index (χ1) is 13.1. The van der Waals surface area contributed by atoms with Gasteiger partial charge < -0.3 is 25.4 Å². The molecular weight excluding hydrogens is 518 g/mol. The summed E-state index contributed by atoms with van der Waals surface area (Å²) in [5.41, 5.74) is 0.471. The Kier molecular flexibility index (Phi) is 16.6. The van der Waals surface area contributed by atoms with Gasteiger partial charge >= 0.3 is 0 Å². The van der Waals surface area contributed by atoms with Crippen molar-refractivity contribution in [1.82, 2.24) is 16.0 Å². The van der Waals surface area contributed by atoms with E-state index < -0.39 is 0 Å². The van der Waals surface area contributed by atoms with E-state index in [4.69, 9.17) is 32.7 Å². The van der Waals surface area contributed by atoms with Crippen LogP contribution in [0.15, 0.2) is 23.2 Å². The first-order valence-electron chi connectivity index (χ1n) is 8.90. The summed E-state index contributed by atoms with van der Waals surface area (Å²) in [7, 11) is 1.65. The van der Waals surface area contributed by atoms with E-state index in [-0.39, 0.29) is 29.9 Å². The van der Waals surface area contributed by atoms with Gasteiger partial charge in [-0.3, -0.25) is 9.79 Å². The van der Waals surface area contributed by atoms with Gasteiger partial charge in [0.15, 0.2) is 5.96 Å². The van der Waals surface area contributed by atoms with Crippen LogP contribution in [0.25, 0.3) is 0 Å². The van der Waals surface area contributed by atoms with Crippen molar-refractivity contribution < 1.29 is 14.3 Å². The number of amides is 1. The minimum Gasteiger partial charge on any atom is -0.382 e. The Labute approximate surface area is 193 Å². The second-order valence-corrected chi connectivity index (χ2v) is 6.35. The summed E-state index contributed by atoms with van der Waals surface area (Å²) in [5.74, 6) is 0.503. The van der Waals surface area contributed by atoms with Crippen molar-refractivity contribution in [3.63, 3.8) is 0 Å². The molecule has 0 aliphatic heterocycles. The monoisotopic (exact) mass is 546 g/mol. The third-order valence-electron chi connectivity index (χ3n) is 3.38. The molecule has 0 fully saturated rings. The van der Waals surface area contributed by atoms with Crippen molar-refractivity contribution in [1.29, 1.82) is 0 Å². The topological polar surface area (TPSA) is 84.0 Å². The van der Waals surface area contributed by atoms with E-state index in [0.717, 1.165) is 13.0 Å². The molecule has 1 aromatic rings. The highest BCUT2D eigenvalue weighted by Gasteiger charge is 2.07. The van der Waals surface area contributed by atoms with Gasteiger partial charge in [0.1, 0.15) is 0 Å². The van der Waals surface area contributed by atoms with Crippen molar-refractivity contribution in [2.45, 2.75) is 13.3 Å². The molecule has 160 valence electrons. The molecule has 0 spiro atoms. The number of hydrogen-bond donors (Lipinski definition) is 3. The average molecular weight is 547 g/mol. The molecule has 0 aliphatic rings. The van der Waals surface area contributed by atoms with Crippen LogP contribution in [0.5, 0.6) is 0 Å². The van der Waals surface area contributed by atoms with E-state index in [9.17, 15) is 4.79 Å². The van der Waals surface area contributed by atoms with Crippen LogP contribution in [0.2, 0.25) is 10.0 Å². The van der Waals surface area contributed by atoms with Crippen molar-refractivity contribution in [2.75, 3.05) is 53.1 Å². The molecule has 28 heavy (non-hydrogen) atoms. The number of ether oxygens (including phenoxy) is 2. The van der Waals surface area contributed by atoms with Crippen LogP contribution in [0, 0.1) is 0 Å². The third-order valence-corrected chi connectivity index (χ3v) is 4.12. The Morgan fingerprint density at radius 2 is 1.82 bits per heavy atom. The highest BCUT2D eigenvalue weighted by atomic mass is 127. The summed E-state index contributed by atoms with van der Waals surface area (Å²) in [6, 6.07) is 4.79. The zero-order valence-electron chi connectivity index (χ0n) is 16.2. The lowest BCUT2D eigenvalue weighted by molar-refractivity contribution is 0.0702. The lowest BCUT2D eigenvalue weighted by Gasteiger charge is -2.12. The van der Waals surface area contributed by atoms with Gasteiger partial charge in [-0.05, 0) is 31.5 Å². The SMILES string of the molecule is CCNC(=NCCCOCCOC)NCCNC(=O)c1ccc(Cl)c(Cl)c1.I. The first kappa shape index (κ1) is 27.2. The molecule has 7 nitrogen and oxygen atoms in total. The van der Waals surface area contributed by atoms with Crippen LogP contribution in [0.1, 0.15) is 23.7 Å². The molecule has 0 atom stereocenters. The molecule has 0 saturated heterocycles. The van der Waals surface area contributed by atoms with Crippen LogP contribution < -0.4 is 16.0 Å². The summed E-state index contributed by atoms with van der Waals surface area (Å²) in [4.78, 5) is 16.6. The molecule has 0 aliphatic carbocycles. The highest BCUT2D eigenvalue weighted by molar-refractivity contribution is 14.0. The fourth-order valence-electron chi connectivity index (χ4n) is 2.04. The lowest BCUT2D eigenvalue weighted by Crippen LogP contribution is -2.41. The van der Waals surface area contributed by atoms with E-state index in [0.29, 0.717) is 61.0 Å². The number of benzene rings is 1. The summed E-state index contributed by atoms with van der Waals surface area (Å²) in [5, 5.41) is 9.94. The molecule has 0 heterocycles. The van der Waals surface area contributed by atoms with E-state index in [1.165, 1.54) is 0 Å². The maximum absolute atomic E-state index is 12.1. The van der Waals surface area contributed by atoms with Crippen LogP contribution in [-0.2, 0) is 9.47 Å². The normalized spacial score (nSPS) is 10.9. The minimum absolute atomic E-state index is 0. The molecule has 0 aromatic heterocycles. The van der Waals surface area contributed by atoms with Crippen molar-refractivity contribution in [3.05, 3.63) is 33.8 Å². The van der Waals surface area contributed by atoms with Gasteiger partial charge in [0.05, 0.1) is 23.3 Å². The number of rotatable bonds is 12. The minimum atomic E-state index is -0.203. The first-order valence-corrected chi connectivity index (χ1v) is 9.66. The molecule has 3 N–H and O–H groups in total. The van der Waals surface area contributed by atoms with Crippen LogP contribution in [0.4, 0.5) is 0 Å². The van der Waals surface area contributed by atoms with Gasteiger partial charge in [-0.15, -0.1) is 24.0 Å². The van der Waals surface area contributed by atoms with E-state index in [1.54, 1.807) is 25.3 Å². The Morgan fingerprint density at radius 1 is 1.07 bits per heavy atom. The Hall–Kier alpha value is -0.810. The average Bonchev–Trinajstić information content (AvgIpc) is 2.66. The molecule has 1 rings (SSSR count). The van der Waals surface area contributed by atoms with Gasteiger partial charge in [0.2, 0.25) is 0 Å². The molecule has 0 saturated carbocycles. The summed E-state index contributed by atoms with van der Waals surface area (Å²) >= 11 is 11.8. The number of nitrogens with one attached hydrogen (secondary N) is 3. The molecule has 0 bridgehead atoms.